The van der Waals surface area contributed by atoms with Gasteiger partial charge in [-0.15, -0.1) is 0 Å². The van der Waals surface area contributed by atoms with E-state index in [2.05, 4.69) is 40.2 Å². The molecule has 31 heavy (non-hydrogen) atoms. The van der Waals surface area contributed by atoms with Crippen molar-refractivity contribution in [3.63, 3.8) is 0 Å². The van der Waals surface area contributed by atoms with Crippen LogP contribution in [-0.2, 0) is 6.42 Å². The van der Waals surface area contributed by atoms with Crippen LogP contribution in [0.2, 0.25) is 0 Å². The molecule has 0 radical (unpaired) electrons. The number of aromatic nitrogens is 2. The molecule has 0 spiro atoms. The van der Waals surface area contributed by atoms with E-state index in [4.69, 9.17) is 4.98 Å². The minimum atomic E-state index is 0.0917. The van der Waals surface area contributed by atoms with Gasteiger partial charge < -0.3 is 4.40 Å². The van der Waals surface area contributed by atoms with Gasteiger partial charge in [0.2, 0.25) is 0 Å². The topological polar surface area (TPSA) is 34.4 Å². The number of nitrogens with zero attached hydrogens (tertiary/aromatic N) is 2. The van der Waals surface area contributed by atoms with Gasteiger partial charge in [0.05, 0.1) is 5.69 Å². The summed E-state index contributed by atoms with van der Waals surface area (Å²) in [6, 6.07) is 29.9. The monoisotopic (exact) mass is 466 g/mol. The third-order valence-electron chi connectivity index (χ3n) is 5.36. The molecule has 0 unspecified atom stereocenters. The molecule has 0 saturated heterocycles. The molecule has 0 fully saturated rings. The van der Waals surface area contributed by atoms with Gasteiger partial charge in [0, 0.05) is 40.0 Å². The predicted molar refractivity (Wildman–Crippen MR) is 128 cm³/mol. The number of benzene rings is 3. The third kappa shape index (κ3) is 3.94. The van der Waals surface area contributed by atoms with E-state index in [1.165, 1.54) is 0 Å². The molecule has 5 rings (SSSR count). The minimum Gasteiger partial charge on any atom is -0.306 e. The lowest BCUT2D eigenvalue weighted by Crippen LogP contribution is -2.05. The van der Waals surface area contributed by atoms with Gasteiger partial charge in [-0.1, -0.05) is 82.7 Å². The van der Waals surface area contributed by atoms with Crippen LogP contribution in [0.1, 0.15) is 15.9 Å². The molecular formula is C27H19BrN2O. The van der Waals surface area contributed by atoms with E-state index >= 15 is 0 Å². The van der Waals surface area contributed by atoms with Crippen molar-refractivity contribution < 1.29 is 4.79 Å². The zero-order chi connectivity index (χ0) is 21.2. The molecule has 0 bridgehead atoms. The summed E-state index contributed by atoms with van der Waals surface area (Å²) in [4.78, 5) is 17.9. The van der Waals surface area contributed by atoms with Crippen molar-refractivity contribution in [3.05, 3.63) is 119 Å². The van der Waals surface area contributed by atoms with Crippen LogP contribution in [0.4, 0.5) is 0 Å². The molecular weight excluding hydrogens is 448 g/mol. The number of imidazole rings is 1. The molecule has 0 atom stereocenters. The Kier molecular flexibility index (Phi) is 5.23. The van der Waals surface area contributed by atoms with Gasteiger partial charge in [0.15, 0.2) is 5.78 Å². The molecule has 2 heterocycles. The number of pyridine rings is 1. The van der Waals surface area contributed by atoms with Crippen molar-refractivity contribution in [1.29, 1.82) is 0 Å². The van der Waals surface area contributed by atoms with Crippen LogP contribution in [0.5, 0.6) is 0 Å². The van der Waals surface area contributed by atoms with E-state index in [-0.39, 0.29) is 5.78 Å². The van der Waals surface area contributed by atoms with Gasteiger partial charge in [-0.2, -0.15) is 0 Å². The Hall–Kier alpha value is -3.50. The Morgan fingerprint density at radius 3 is 2.45 bits per heavy atom. The van der Waals surface area contributed by atoms with Crippen LogP contribution >= 0.6 is 15.9 Å². The average molecular weight is 467 g/mol. The van der Waals surface area contributed by atoms with Gasteiger partial charge in [-0.05, 0) is 35.4 Å². The summed E-state index contributed by atoms with van der Waals surface area (Å²) in [6.07, 6.45) is 4.39. The first-order valence-corrected chi connectivity index (χ1v) is 10.9. The number of hydrogen-bond donors (Lipinski definition) is 0. The first-order chi connectivity index (χ1) is 15.2. The maximum Gasteiger partial charge on any atom is 0.167 e. The highest BCUT2D eigenvalue weighted by Gasteiger charge is 2.15. The summed E-state index contributed by atoms with van der Waals surface area (Å²) in [7, 11) is 0. The zero-order valence-electron chi connectivity index (χ0n) is 16.7. The van der Waals surface area contributed by atoms with Crippen molar-refractivity contribution in [2.24, 2.45) is 0 Å². The molecule has 0 aliphatic heterocycles. The first kappa shape index (κ1) is 19.5. The Labute approximate surface area is 189 Å². The van der Waals surface area contributed by atoms with Crippen LogP contribution in [0.15, 0.2) is 108 Å². The van der Waals surface area contributed by atoms with Crippen molar-refractivity contribution >= 4 is 27.4 Å². The van der Waals surface area contributed by atoms with Gasteiger partial charge in [0.25, 0.3) is 0 Å². The van der Waals surface area contributed by atoms with Crippen molar-refractivity contribution in [2.45, 2.75) is 6.42 Å². The average Bonchev–Trinajstić information content (AvgIpc) is 3.25. The lowest BCUT2D eigenvalue weighted by atomic mass is 9.95. The maximum absolute atomic E-state index is 13.0. The van der Waals surface area contributed by atoms with Gasteiger partial charge >= 0.3 is 0 Å². The Bertz CT molecular complexity index is 1390. The number of halogens is 1. The molecule has 0 aliphatic rings. The SMILES string of the molecule is O=C(Cc1ccccc1-c1cccn2cc(-c3ccccc3)nc12)c1cccc(Br)c1. The first-order valence-electron chi connectivity index (χ1n) is 10.1. The van der Waals surface area contributed by atoms with E-state index in [1.807, 2.05) is 83.5 Å². The Morgan fingerprint density at radius 2 is 1.61 bits per heavy atom. The fourth-order valence-electron chi connectivity index (χ4n) is 3.85. The zero-order valence-corrected chi connectivity index (χ0v) is 18.3. The minimum absolute atomic E-state index is 0.0917. The van der Waals surface area contributed by atoms with Crippen LogP contribution in [-0.4, -0.2) is 15.2 Å². The lowest BCUT2D eigenvalue weighted by molar-refractivity contribution is 0.0993. The highest BCUT2D eigenvalue weighted by Crippen LogP contribution is 2.30. The number of Topliss-reactive ketones (excluding diaryl/α,β-unsaturated/α-hetero) is 1. The molecule has 4 heteroatoms. The lowest BCUT2D eigenvalue weighted by Gasteiger charge is -2.10. The van der Waals surface area contributed by atoms with Crippen molar-refractivity contribution in [2.75, 3.05) is 0 Å². The van der Waals surface area contributed by atoms with E-state index in [0.717, 1.165) is 38.1 Å². The number of carbonyl (C=O) groups excluding carboxylic acids is 1. The van der Waals surface area contributed by atoms with Gasteiger partial charge in [-0.3, -0.25) is 4.79 Å². The normalized spacial score (nSPS) is 11.0. The largest absolute Gasteiger partial charge is 0.306 e. The summed E-state index contributed by atoms with van der Waals surface area (Å²) < 4.78 is 2.95. The smallest absolute Gasteiger partial charge is 0.167 e. The summed E-state index contributed by atoms with van der Waals surface area (Å²) in [6.45, 7) is 0. The standard InChI is InChI=1S/C27H19BrN2O/c28-22-12-6-11-21(16-22)26(31)17-20-10-4-5-13-23(20)24-14-7-15-30-18-25(29-27(24)30)19-8-2-1-3-9-19/h1-16,18H,17H2. The summed E-state index contributed by atoms with van der Waals surface area (Å²) in [5.41, 5.74) is 6.62. The molecule has 0 saturated carbocycles. The second-order valence-electron chi connectivity index (χ2n) is 7.41. The highest BCUT2D eigenvalue weighted by molar-refractivity contribution is 9.10. The van der Waals surface area contributed by atoms with E-state index < -0.39 is 0 Å². The van der Waals surface area contributed by atoms with Crippen LogP contribution in [0.3, 0.4) is 0 Å². The summed E-state index contributed by atoms with van der Waals surface area (Å²) >= 11 is 3.45. The van der Waals surface area contributed by atoms with Crippen LogP contribution in [0, 0.1) is 0 Å². The fraction of sp³-hybridized carbons (Fsp3) is 0.0370. The van der Waals surface area contributed by atoms with Crippen molar-refractivity contribution in [3.8, 4) is 22.4 Å². The molecule has 0 aliphatic carbocycles. The Balaban J connectivity index is 1.57. The number of ketones is 1. The third-order valence-corrected chi connectivity index (χ3v) is 5.85. The molecule has 0 amide bonds. The van der Waals surface area contributed by atoms with Gasteiger partial charge in [0.1, 0.15) is 5.65 Å². The molecule has 150 valence electrons. The maximum atomic E-state index is 13.0. The number of fused-ring (bicyclic) bond motifs is 1. The van der Waals surface area contributed by atoms with Crippen molar-refractivity contribution in [1.82, 2.24) is 9.38 Å². The number of rotatable bonds is 5. The molecule has 3 aromatic carbocycles. The second-order valence-corrected chi connectivity index (χ2v) is 8.33. The molecule has 2 aromatic heterocycles. The highest BCUT2D eigenvalue weighted by atomic mass is 79.9. The Morgan fingerprint density at radius 1 is 0.839 bits per heavy atom. The number of carbonyl (C=O) groups is 1. The van der Waals surface area contributed by atoms with Crippen LogP contribution < -0.4 is 0 Å². The van der Waals surface area contributed by atoms with Gasteiger partial charge in [-0.25, -0.2) is 4.98 Å². The predicted octanol–water partition coefficient (Wildman–Crippen LogP) is 6.86. The summed E-state index contributed by atoms with van der Waals surface area (Å²) in [5, 5.41) is 0. The van der Waals surface area contributed by atoms with E-state index in [1.54, 1.807) is 0 Å². The molecule has 0 N–H and O–H groups in total. The van der Waals surface area contributed by atoms with E-state index in [0.29, 0.717) is 12.0 Å². The number of hydrogen-bond acceptors (Lipinski definition) is 2. The second kappa shape index (κ2) is 8.32. The van der Waals surface area contributed by atoms with E-state index in [9.17, 15) is 4.79 Å². The summed E-state index contributed by atoms with van der Waals surface area (Å²) in [5.74, 6) is 0.0917. The van der Waals surface area contributed by atoms with Crippen LogP contribution in [0.25, 0.3) is 28.0 Å². The molecule has 3 nitrogen and oxygen atoms in total. The fourth-order valence-corrected chi connectivity index (χ4v) is 4.24. The molecule has 5 aromatic rings. The quantitative estimate of drug-likeness (QED) is 0.265.